The fourth-order valence-corrected chi connectivity index (χ4v) is 1.99. The molecule has 4 N–H and O–H groups in total. The van der Waals surface area contributed by atoms with E-state index in [2.05, 4.69) is 16.0 Å². The molecular formula is C16H29N3O5. The van der Waals surface area contributed by atoms with E-state index in [4.69, 9.17) is 5.11 Å². The van der Waals surface area contributed by atoms with Crippen LogP contribution in [0.15, 0.2) is 0 Å². The number of nitrogens with one attached hydrogen (secondary N) is 3. The lowest BCUT2D eigenvalue weighted by Crippen LogP contribution is -2.41. The second-order valence-corrected chi connectivity index (χ2v) is 5.51. The number of carbonyl (C=O) groups is 4. The predicted molar refractivity (Wildman–Crippen MR) is 89.3 cm³/mol. The van der Waals surface area contributed by atoms with Crippen LogP contribution in [0.25, 0.3) is 0 Å². The lowest BCUT2D eigenvalue weighted by Gasteiger charge is -2.14. The van der Waals surface area contributed by atoms with E-state index < -0.39 is 17.9 Å². The van der Waals surface area contributed by atoms with Crippen molar-refractivity contribution in [2.75, 3.05) is 13.1 Å². The van der Waals surface area contributed by atoms with Crippen molar-refractivity contribution < 1.29 is 24.3 Å². The fourth-order valence-electron chi connectivity index (χ4n) is 1.99. The Kier molecular flexibility index (Phi) is 12.2. The van der Waals surface area contributed by atoms with Crippen molar-refractivity contribution in [2.24, 2.45) is 0 Å². The molecule has 0 spiro atoms. The fraction of sp³-hybridized carbons (Fsp3) is 0.750. The molecule has 0 aromatic heterocycles. The molecule has 8 heteroatoms. The van der Waals surface area contributed by atoms with E-state index in [9.17, 15) is 19.2 Å². The van der Waals surface area contributed by atoms with Gasteiger partial charge in [0.2, 0.25) is 17.7 Å². The third kappa shape index (κ3) is 11.4. The Morgan fingerprint density at radius 1 is 0.875 bits per heavy atom. The normalized spacial score (nSPS) is 11.4. The first-order valence-corrected chi connectivity index (χ1v) is 8.46. The van der Waals surface area contributed by atoms with E-state index in [1.54, 1.807) is 6.92 Å². The topological polar surface area (TPSA) is 125 Å². The van der Waals surface area contributed by atoms with Crippen molar-refractivity contribution in [2.45, 2.75) is 64.8 Å². The zero-order valence-electron chi connectivity index (χ0n) is 14.5. The Morgan fingerprint density at radius 3 is 2.08 bits per heavy atom. The van der Waals surface area contributed by atoms with Crippen LogP contribution in [0, 0.1) is 0 Å². The van der Waals surface area contributed by atoms with Gasteiger partial charge >= 0.3 is 5.97 Å². The predicted octanol–water partition coefficient (Wildman–Crippen LogP) is 0.559. The van der Waals surface area contributed by atoms with Gasteiger partial charge in [-0.1, -0.05) is 13.3 Å². The molecule has 0 radical (unpaired) electrons. The van der Waals surface area contributed by atoms with E-state index in [1.807, 2.05) is 6.92 Å². The van der Waals surface area contributed by atoms with E-state index >= 15 is 0 Å². The summed E-state index contributed by atoms with van der Waals surface area (Å²) in [5.41, 5.74) is 0. The summed E-state index contributed by atoms with van der Waals surface area (Å²) in [7, 11) is 0. The van der Waals surface area contributed by atoms with Crippen molar-refractivity contribution in [3.8, 4) is 0 Å². The Hall–Kier alpha value is -2.12. The maximum absolute atomic E-state index is 11.8. The molecule has 0 aromatic carbocycles. The van der Waals surface area contributed by atoms with E-state index in [0.29, 0.717) is 25.9 Å². The molecule has 0 aliphatic heterocycles. The number of unbranched alkanes of at least 4 members (excludes halogenated alkanes) is 1. The average molecular weight is 343 g/mol. The van der Waals surface area contributed by atoms with Crippen molar-refractivity contribution in [3.63, 3.8) is 0 Å². The summed E-state index contributed by atoms with van der Waals surface area (Å²) in [6.07, 6.45) is 2.90. The molecule has 0 rings (SSSR count). The molecule has 0 aliphatic carbocycles. The summed E-state index contributed by atoms with van der Waals surface area (Å²) in [6.45, 7) is 4.64. The van der Waals surface area contributed by atoms with Gasteiger partial charge in [-0.15, -0.1) is 0 Å². The largest absolute Gasteiger partial charge is 0.480 e. The molecule has 0 saturated heterocycles. The summed E-state index contributed by atoms with van der Waals surface area (Å²) in [5.74, 6) is -1.85. The quantitative estimate of drug-likeness (QED) is 0.364. The van der Waals surface area contributed by atoms with E-state index in [0.717, 1.165) is 12.8 Å². The monoisotopic (exact) mass is 343 g/mol. The molecular weight excluding hydrogens is 314 g/mol. The van der Waals surface area contributed by atoms with Gasteiger partial charge in [-0.25, -0.2) is 4.79 Å². The number of carbonyl (C=O) groups excluding carboxylic acids is 3. The Balaban J connectivity index is 4.00. The molecule has 0 bridgehead atoms. The summed E-state index contributed by atoms with van der Waals surface area (Å²) < 4.78 is 0. The van der Waals surface area contributed by atoms with Gasteiger partial charge in [0.1, 0.15) is 6.04 Å². The second-order valence-electron chi connectivity index (χ2n) is 5.51. The van der Waals surface area contributed by atoms with Gasteiger partial charge in [0, 0.05) is 32.4 Å². The number of hydrogen-bond acceptors (Lipinski definition) is 4. The number of amides is 3. The molecule has 8 nitrogen and oxygen atoms in total. The number of aliphatic carboxylic acids is 1. The minimum absolute atomic E-state index is 0.0393. The Morgan fingerprint density at radius 2 is 1.50 bits per heavy atom. The number of carboxylic acids is 1. The maximum atomic E-state index is 11.8. The van der Waals surface area contributed by atoms with E-state index in [-0.39, 0.29) is 31.1 Å². The van der Waals surface area contributed by atoms with Crippen molar-refractivity contribution in [3.05, 3.63) is 0 Å². The molecule has 24 heavy (non-hydrogen) atoms. The van der Waals surface area contributed by atoms with Crippen molar-refractivity contribution in [1.29, 1.82) is 0 Å². The van der Waals surface area contributed by atoms with Crippen LogP contribution in [0.1, 0.15) is 58.8 Å². The highest BCUT2D eigenvalue weighted by Gasteiger charge is 2.20. The van der Waals surface area contributed by atoms with Gasteiger partial charge in [0.25, 0.3) is 0 Å². The van der Waals surface area contributed by atoms with Crippen LogP contribution in [0.4, 0.5) is 0 Å². The van der Waals surface area contributed by atoms with Gasteiger partial charge in [-0.3, -0.25) is 14.4 Å². The highest BCUT2D eigenvalue weighted by atomic mass is 16.4. The zero-order chi connectivity index (χ0) is 18.4. The average Bonchev–Trinajstić information content (AvgIpc) is 2.53. The molecule has 0 aromatic rings. The van der Waals surface area contributed by atoms with E-state index in [1.165, 1.54) is 0 Å². The number of carboxylic acid groups (broad SMARTS) is 1. The third-order valence-electron chi connectivity index (χ3n) is 3.33. The van der Waals surface area contributed by atoms with Gasteiger partial charge in [-0.05, 0) is 26.2 Å². The van der Waals surface area contributed by atoms with Crippen LogP contribution in [-0.4, -0.2) is 47.9 Å². The lowest BCUT2D eigenvalue weighted by molar-refractivity contribution is -0.142. The SMILES string of the molecule is CCCCC(=O)NCCCC(=O)NC(CCC(=O)NCC)C(=O)O. The first-order chi connectivity index (χ1) is 11.4. The van der Waals surface area contributed by atoms with Crippen LogP contribution < -0.4 is 16.0 Å². The molecule has 1 atom stereocenters. The highest BCUT2D eigenvalue weighted by molar-refractivity contribution is 5.84. The zero-order valence-corrected chi connectivity index (χ0v) is 14.5. The van der Waals surface area contributed by atoms with Gasteiger partial charge in [0.05, 0.1) is 0 Å². The standard InChI is InChI=1S/C16H29N3O5/c1-3-5-7-13(20)18-11-6-8-15(22)19-12(16(23)24)9-10-14(21)17-4-2/h12H,3-11H2,1-2H3,(H,17,21)(H,18,20)(H,19,22)(H,23,24). The third-order valence-corrected chi connectivity index (χ3v) is 3.33. The minimum Gasteiger partial charge on any atom is -0.480 e. The van der Waals surface area contributed by atoms with Crippen molar-refractivity contribution >= 4 is 23.7 Å². The summed E-state index contributed by atoms with van der Waals surface area (Å²) in [5, 5.41) is 16.8. The molecule has 0 aliphatic rings. The van der Waals surface area contributed by atoms with Crippen LogP contribution in [0.2, 0.25) is 0 Å². The van der Waals surface area contributed by atoms with Crippen LogP contribution in [0.3, 0.4) is 0 Å². The maximum Gasteiger partial charge on any atom is 0.326 e. The van der Waals surface area contributed by atoms with Gasteiger partial charge in [-0.2, -0.15) is 0 Å². The van der Waals surface area contributed by atoms with Crippen LogP contribution in [-0.2, 0) is 19.2 Å². The minimum atomic E-state index is -1.17. The molecule has 0 saturated carbocycles. The first-order valence-electron chi connectivity index (χ1n) is 8.46. The molecule has 138 valence electrons. The summed E-state index contributed by atoms with van der Waals surface area (Å²) in [6, 6.07) is -1.08. The smallest absolute Gasteiger partial charge is 0.326 e. The highest BCUT2D eigenvalue weighted by Crippen LogP contribution is 2.00. The summed E-state index contributed by atoms with van der Waals surface area (Å²) >= 11 is 0. The van der Waals surface area contributed by atoms with Crippen LogP contribution in [0.5, 0.6) is 0 Å². The molecule has 1 unspecified atom stereocenters. The van der Waals surface area contributed by atoms with Gasteiger partial charge in [0.15, 0.2) is 0 Å². The molecule has 0 fully saturated rings. The lowest BCUT2D eigenvalue weighted by atomic mass is 10.1. The number of rotatable bonds is 13. The first kappa shape index (κ1) is 21.9. The summed E-state index contributed by atoms with van der Waals surface area (Å²) in [4.78, 5) is 45.6. The van der Waals surface area contributed by atoms with Gasteiger partial charge < -0.3 is 21.1 Å². The Bertz CT molecular complexity index is 426. The second kappa shape index (κ2) is 13.3. The molecule has 0 heterocycles. The molecule has 3 amide bonds. The Labute approximate surface area is 142 Å². The number of hydrogen-bond donors (Lipinski definition) is 4. The van der Waals surface area contributed by atoms with Crippen LogP contribution >= 0.6 is 0 Å². The van der Waals surface area contributed by atoms with Crippen molar-refractivity contribution in [1.82, 2.24) is 16.0 Å².